The summed E-state index contributed by atoms with van der Waals surface area (Å²) < 4.78 is 29.1. The van der Waals surface area contributed by atoms with Gasteiger partial charge in [-0.1, -0.05) is 23.7 Å². The van der Waals surface area contributed by atoms with Gasteiger partial charge < -0.3 is 5.32 Å². The fourth-order valence-corrected chi connectivity index (χ4v) is 4.53. The number of carbonyl (C=O) groups is 1. The van der Waals surface area contributed by atoms with Crippen LogP contribution in [0.5, 0.6) is 0 Å². The minimum absolute atomic E-state index is 0.0415. The largest absolute Gasteiger partial charge is 0.350 e. The van der Waals surface area contributed by atoms with E-state index < -0.39 is 10.0 Å². The standard InChI is InChI=1S/C20H22ClN5O3S2/c1-13(2)25-31(28,29)17-5-3-4-14(10-17)11-22-18(27)12-26-19(23-24-20(26)30)15-6-8-16(21)9-7-15/h3-10,13,25H,11-12H2,1-2H3,(H,22,27)(H,24,30). The molecule has 0 bridgehead atoms. The van der Waals surface area contributed by atoms with E-state index in [1.165, 1.54) is 12.1 Å². The first-order chi connectivity index (χ1) is 14.7. The van der Waals surface area contributed by atoms with E-state index in [-0.39, 0.29) is 29.9 Å². The molecule has 8 nitrogen and oxygen atoms in total. The molecule has 0 aliphatic heterocycles. The van der Waals surface area contributed by atoms with Gasteiger partial charge in [-0.05, 0) is 68.0 Å². The molecule has 0 aliphatic rings. The van der Waals surface area contributed by atoms with Gasteiger partial charge in [-0.15, -0.1) is 0 Å². The molecule has 0 aliphatic carbocycles. The molecular weight excluding hydrogens is 458 g/mol. The summed E-state index contributed by atoms with van der Waals surface area (Å²) >= 11 is 11.2. The maximum atomic E-state index is 12.5. The molecule has 1 heterocycles. The van der Waals surface area contributed by atoms with Gasteiger partial charge in [0.1, 0.15) is 6.54 Å². The Morgan fingerprint density at radius 2 is 1.94 bits per heavy atom. The predicted molar refractivity (Wildman–Crippen MR) is 122 cm³/mol. The Bertz CT molecular complexity index is 1230. The Balaban J connectivity index is 1.70. The van der Waals surface area contributed by atoms with Crippen LogP contribution in [0.4, 0.5) is 0 Å². The normalized spacial score (nSPS) is 11.6. The van der Waals surface area contributed by atoms with Crippen LogP contribution in [0.3, 0.4) is 0 Å². The Labute approximate surface area is 190 Å². The van der Waals surface area contributed by atoms with Crippen LogP contribution in [0, 0.1) is 4.77 Å². The van der Waals surface area contributed by atoms with Gasteiger partial charge in [-0.2, -0.15) is 5.10 Å². The van der Waals surface area contributed by atoms with Crippen molar-refractivity contribution in [1.29, 1.82) is 0 Å². The number of nitrogens with one attached hydrogen (secondary N) is 3. The van der Waals surface area contributed by atoms with Crippen LogP contribution in [0.1, 0.15) is 19.4 Å². The maximum Gasteiger partial charge on any atom is 0.240 e. The van der Waals surface area contributed by atoms with Crippen LogP contribution in [-0.4, -0.2) is 35.1 Å². The summed E-state index contributed by atoms with van der Waals surface area (Å²) in [5.74, 6) is 0.228. The molecule has 3 rings (SSSR count). The molecule has 0 atom stereocenters. The highest BCUT2D eigenvalue weighted by Crippen LogP contribution is 2.20. The van der Waals surface area contributed by atoms with Crippen LogP contribution in [0.15, 0.2) is 53.4 Å². The van der Waals surface area contributed by atoms with Gasteiger partial charge in [-0.25, -0.2) is 13.1 Å². The summed E-state index contributed by atoms with van der Waals surface area (Å²) in [6.45, 7) is 3.63. The predicted octanol–water partition coefficient (Wildman–Crippen LogP) is 3.26. The molecule has 11 heteroatoms. The summed E-state index contributed by atoms with van der Waals surface area (Å²) in [5, 5.41) is 10.3. The lowest BCUT2D eigenvalue weighted by Gasteiger charge is -2.11. The van der Waals surface area contributed by atoms with Gasteiger partial charge in [0.05, 0.1) is 4.90 Å². The van der Waals surface area contributed by atoms with Gasteiger partial charge in [0, 0.05) is 23.2 Å². The zero-order chi connectivity index (χ0) is 22.6. The minimum Gasteiger partial charge on any atom is -0.350 e. The second kappa shape index (κ2) is 9.73. The summed E-state index contributed by atoms with van der Waals surface area (Å²) in [6.07, 6.45) is 0. The van der Waals surface area contributed by atoms with Crippen molar-refractivity contribution >= 4 is 39.7 Å². The van der Waals surface area contributed by atoms with E-state index in [0.717, 1.165) is 5.56 Å². The van der Waals surface area contributed by atoms with Crippen LogP contribution in [0.25, 0.3) is 11.4 Å². The number of aromatic nitrogens is 3. The third-order valence-corrected chi connectivity index (χ3v) is 6.47. The van der Waals surface area contributed by atoms with E-state index in [2.05, 4.69) is 20.2 Å². The first-order valence-electron chi connectivity index (χ1n) is 9.45. The van der Waals surface area contributed by atoms with Crippen molar-refractivity contribution in [3.05, 3.63) is 63.9 Å². The fourth-order valence-electron chi connectivity index (χ4n) is 2.88. The van der Waals surface area contributed by atoms with Gasteiger partial charge in [-0.3, -0.25) is 14.5 Å². The fraction of sp³-hybridized carbons (Fsp3) is 0.250. The summed E-state index contributed by atoms with van der Waals surface area (Å²) in [6, 6.07) is 13.3. The minimum atomic E-state index is -3.61. The second-order valence-corrected chi connectivity index (χ2v) is 9.68. The lowest BCUT2D eigenvalue weighted by atomic mass is 10.2. The van der Waals surface area contributed by atoms with Crippen molar-refractivity contribution in [2.24, 2.45) is 0 Å². The molecule has 1 amide bonds. The molecule has 31 heavy (non-hydrogen) atoms. The molecule has 0 radical (unpaired) electrons. The molecule has 2 aromatic carbocycles. The van der Waals surface area contributed by atoms with Gasteiger partial charge in [0.25, 0.3) is 0 Å². The average molecular weight is 480 g/mol. The first-order valence-corrected chi connectivity index (χ1v) is 11.7. The molecule has 3 N–H and O–H groups in total. The third kappa shape index (κ3) is 6.01. The van der Waals surface area contributed by atoms with Crippen LogP contribution < -0.4 is 10.0 Å². The average Bonchev–Trinajstić information content (AvgIpc) is 3.06. The molecule has 1 aromatic heterocycles. The van der Waals surface area contributed by atoms with E-state index in [4.69, 9.17) is 23.8 Å². The molecule has 0 fully saturated rings. The van der Waals surface area contributed by atoms with Gasteiger partial charge in [0.2, 0.25) is 15.9 Å². The molecule has 0 saturated carbocycles. The summed E-state index contributed by atoms with van der Waals surface area (Å²) in [4.78, 5) is 12.7. The number of aromatic amines is 1. The SMILES string of the molecule is CC(C)NS(=O)(=O)c1cccc(CNC(=O)Cn2c(-c3ccc(Cl)cc3)n[nH]c2=S)c1. The second-order valence-electron chi connectivity index (χ2n) is 7.15. The maximum absolute atomic E-state index is 12.5. The Kier molecular flexibility index (Phi) is 7.26. The molecule has 0 unspecified atom stereocenters. The molecule has 164 valence electrons. The number of rotatable bonds is 8. The van der Waals surface area contributed by atoms with Gasteiger partial charge >= 0.3 is 0 Å². The highest BCUT2D eigenvalue weighted by molar-refractivity contribution is 7.89. The molecular formula is C20H22ClN5O3S2. The summed E-state index contributed by atoms with van der Waals surface area (Å²) in [5.41, 5.74) is 1.42. The van der Waals surface area contributed by atoms with Crippen molar-refractivity contribution in [1.82, 2.24) is 24.8 Å². The van der Waals surface area contributed by atoms with Crippen LogP contribution in [0.2, 0.25) is 5.02 Å². The van der Waals surface area contributed by atoms with Crippen molar-refractivity contribution < 1.29 is 13.2 Å². The van der Waals surface area contributed by atoms with Gasteiger partial charge in [0.15, 0.2) is 10.6 Å². The summed E-state index contributed by atoms with van der Waals surface area (Å²) in [7, 11) is -3.61. The Morgan fingerprint density at radius 1 is 1.23 bits per heavy atom. The lowest BCUT2D eigenvalue weighted by molar-refractivity contribution is -0.121. The number of carbonyl (C=O) groups excluding carboxylic acids is 1. The smallest absolute Gasteiger partial charge is 0.240 e. The Hall–Kier alpha value is -2.53. The van der Waals surface area contributed by atoms with Crippen molar-refractivity contribution in [3.63, 3.8) is 0 Å². The van der Waals surface area contributed by atoms with Crippen LogP contribution in [-0.2, 0) is 27.9 Å². The molecule has 0 saturated heterocycles. The number of sulfonamides is 1. The van der Waals surface area contributed by atoms with Crippen molar-refractivity contribution in [2.45, 2.75) is 37.9 Å². The third-order valence-electron chi connectivity index (χ3n) is 4.25. The number of hydrogen-bond donors (Lipinski definition) is 3. The Morgan fingerprint density at radius 3 is 2.61 bits per heavy atom. The van der Waals surface area contributed by atoms with E-state index >= 15 is 0 Å². The first kappa shape index (κ1) is 23.1. The number of H-pyrrole nitrogens is 1. The number of nitrogens with zero attached hydrogens (tertiary/aromatic N) is 2. The van der Waals surface area contributed by atoms with E-state index in [9.17, 15) is 13.2 Å². The van der Waals surface area contributed by atoms with E-state index in [0.29, 0.717) is 21.2 Å². The number of halogens is 1. The topological polar surface area (TPSA) is 109 Å². The zero-order valence-electron chi connectivity index (χ0n) is 16.9. The number of hydrogen-bond acceptors (Lipinski definition) is 5. The molecule has 0 spiro atoms. The number of benzene rings is 2. The lowest BCUT2D eigenvalue weighted by Crippen LogP contribution is -2.30. The van der Waals surface area contributed by atoms with E-state index in [1.807, 2.05) is 0 Å². The monoisotopic (exact) mass is 479 g/mol. The van der Waals surface area contributed by atoms with Crippen molar-refractivity contribution in [2.75, 3.05) is 0 Å². The zero-order valence-corrected chi connectivity index (χ0v) is 19.3. The number of amides is 1. The highest BCUT2D eigenvalue weighted by atomic mass is 35.5. The van der Waals surface area contributed by atoms with Crippen molar-refractivity contribution in [3.8, 4) is 11.4 Å². The van der Waals surface area contributed by atoms with Crippen LogP contribution >= 0.6 is 23.8 Å². The quantitative estimate of drug-likeness (QED) is 0.430. The molecule has 3 aromatic rings. The van der Waals surface area contributed by atoms with E-state index in [1.54, 1.807) is 54.8 Å². The highest BCUT2D eigenvalue weighted by Gasteiger charge is 2.16.